The minimum absolute atomic E-state index is 0.196. The van der Waals surface area contributed by atoms with Crippen molar-refractivity contribution >= 4 is 5.78 Å². The Kier molecular flexibility index (Phi) is 2.53. The fourth-order valence-electron chi connectivity index (χ4n) is 1.97. The van der Waals surface area contributed by atoms with Crippen LogP contribution < -0.4 is 4.74 Å². The van der Waals surface area contributed by atoms with Crippen molar-refractivity contribution in [2.24, 2.45) is 5.92 Å². The first-order chi connectivity index (χ1) is 7.42. The van der Waals surface area contributed by atoms with E-state index in [0.717, 1.165) is 16.9 Å². The Morgan fingerprint density at radius 1 is 1.38 bits per heavy atom. The molecular formula is C14H18O2. The van der Waals surface area contributed by atoms with Crippen molar-refractivity contribution in [1.82, 2.24) is 0 Å². The zero-order valence-electron chi connectivity index (χ0n) is 10.3. The highest BCUT2D eigenvalue weighted by molar-refractivity contribution is 6.00. The number of carbonyl (C=O) groups is 1. The van der Waals surface area contributed by atoms with Crippen LogP contribution in [0.2, 0.25) is 0 Å². The van der Waals surface area contributed by atoms with Gasteiger partial charge in [-0.2, -0.15) is 0 Å². The summed E-state index contributed by atoms with van der Waals surface area (Å²) in [5.74, 6) is 1.25. The van der Waals surface area contributed by atoms with Crippen LogP contribution in [0.1, 0.15) is 43.1 Å². The lowest BCUT2D eigenvalue weighted by molar-refractivity contribution is 0.0212. The molecule has 0 saturated carbocycles. The predicted octanol–water partition coefficient (Wildman–Crippen LogP) is 3.37. The second kappa shape index (κ2) is 3.62. The molecule has 2 nitrogen and oxygen atoms in total. The summed E-state index contributed by atoms with van der Waals surface area (Å²) in [6.07, 6.45) is 0.473. The van der Waals surface area contributed by atoms with Crippen LogP contribution in [-0.4, -0.2) is 11.4 Å². The molecule has 0 N–H and O–H groups in total. The van der Waals surface area contributed by atoms with E-state index in [1.165, 1.54) is 0 Å². The van der Waals surface area contributed by atoms with Gasteiger partial charge < -0.3 is 4.74 Å². The SMILES string of the molecule is Cc1ccc2c(c1)C(=O)CC(C)(C(C)C)O2. The highest BCUT2D eigenvalue weighted by atomic mass is 16.5. The van der Waals surface area contributed by atoms with Crippen molar-refractivity contribution in [1.29, 1.82) is 0 Å². The molecule has 1 aromatic carbocycles. The van der Waals surface area contributed by atoms with Gasteiger partial charge in [0.2, 0.25) is 0 Å². The Morgan fingerprint density at radius 3 is 2.69 bits per heavy atom. The van der Waals surface area contributed by atoms with Crippen LogP contribution in [-0.2, 0) is 0 Å². The quantitative estimate of drug-likeness (QED) is 0.722. The maximum absolute atomic E-state index is 12.1. The maximum atomic E-state index is 12.1. The lowest BCUT2D eigenvalue weighted by Gasteiger charge is -2.38. The van der Waals surface area contributed by atoms with E-state index in [-0.39, 0.29) is 11.4 Å². The summed E-state index contributed by atoms with van der Waals surface area (Å²) in [5, 5.41) is 0. The maximum Gasteiger partial charge on any atom is 0.170 e. The third kappa shape index (κ3) is 1.73. The number of Topliss-reactive ketones (excluding diaryl/α,β-unsaturated/α-hetero) is 1. The molecule has 0 fully saturated rings. The summed E-state index contributed by atoms with van der Waals surface area (Å²) in [4.78, 5) is 12.1. The number of hydrogen-bond donors (Lipinski definition) is 0. The molecule has 16 heavy (non-hydrogen) atoms. The number of benzene rings is 1. The first-order valence-corrected chi connectivity index (χ1v) is 5.75. The first kappa shape index (κ1) is 11.2. The van der Waals surface area contributed by atoms with E-state index in [1.807, 2.05) is 32.0 Å². The lowest BCUT2D eigenvalue weighted by atomic mass is 9.83. The van der Waals surface area contributed by atoms with Gasteiger partial charge in [-0.3, -0.25) is 4.79 Å². The minimum Gasteiger partial charge on any atom is -0.486 e. The molecule has 1 atom stereocenters. The summed E-state index contributed by atoms with van der Waals surface area (Å²) >= 11 is 0. The second-order valence-electron chi connectivity index (χ2n) is 5.17. The molecule has 0 bridgehead atoms. The van der Waals surface area contributed by atoms with Gasteiger partial charge in [0.05, 0.1) is 12.0 Å². The van der Waals surface area contributed by atoms with Crippen molar-refractivity contribution in [3.8, 4) is 5.75 Å². The molecule has 1 aliphatic heterocycles. The van der Waals surface area contributed by atoms with Crippen LogP contribution in [0.5, 0.6) is 5.75 Å². The molecular weight excluding hydrogens is 200 g/mol. The molecule has 2 heteroatoms. The standard InChI is InChI=1S/C14H18O2/c1-9(2)14(4)8-12(15)11-7-10(3)5-6-13(11)16-14/h5-7,9H,8H2,1-4H3. The second-order valence-corrected chi connectivity index (χ2v) is 5.17. The highest BCUT2D eigenvalue weighted by Gasteiger charge is 2.38. The number of ether oxygens (including phenoxy) is 1. The van der Waals surface area contributed by atoms with E-state index >= 15 is 0 Å². The van der Waals surface area contributed by atoms with Crippen molar-refractivity contribution in [3.63, 3.8) is 0 Å². The molecule has 0 spiro atoms. The summed E-state index contributed by atoms with van der Waals surface area (Å²) in [6, 6.07) is 5.80. The zero-order chi connectivity index (χ0) is 11.9. The molecule has 0 amide bonds. The highest BCUT2D eigenvalue weighted by Crippen LogP contribution is 2.37. The smallest absolute Gasteiger partial charge is 0.170 e. The van der Waals surface area contributed by atoms with E-state index in [9.17, 15) is 4.79 Å². The van der Waals surface area contributed by atoms with E-state index < -0.39 is 0 Å². The van der Waals surface area contributed by atoms with Crippen LogP contribution in [0.15, 0.2) is 18.2 Å². The average molecular weight is 218 g/mol. The largest absolute Gasteiger partial charge is 0.486 e. The van der Waals surface area contributed by atoms with E-state index in [0.29, 0.717) is 12.3 Å². The third-order valence-corrected chi connectivity index (χ3v) is 3.51. The van der Waals surface area contributed by atoms with E-state index in [4.69, 9.17) is 4.74 Å². The minimum atomic E-state index is -0.362. The van der Waals surface area contributed by atoms with Gasteiger partial charge in [-0.05, 0) is 31.9 Å². The normalized spacial score (nSPS) is 24.2. The lowest BCUT2D eigenvalue weighted by Crippen LogP contribution is -2.43. The Hall–Kier alpha value is -1.31. The number of carbonyl (C=O) groups excluding carboxylic acids is 1. The van der Waals surface area contributed by atoms with Gasteiger partial charge in [0.15, 0.2) is 5.78 Å². The summed E-state index contributed by atoms with van der Waals surface area (Å²) in [6.45, 7) is 8.18. The molecule has 0 aliphatic carbocycles. The number of ketones is 1. The molecule has 0 aromatic heterocycles. The predicted molar refractivity (Wildman–Crippen MR) is 64.0 cm³/mol. The molecule has 0 saturated heterocycles. The first-order valence-electron chi connectivity index (χ1n) is 5.75. The van der Waals surface area contributed by atoms with Gasteiger partial charge in [-0.1, -0.05) is 25.5 Å². The molecule has 86 valence electrons. The summed E-state index contributed by atoms with van der Waals surface area (Å²) in [5.41, 5.74) is 1.47. The van der Waals surface area contributed by atoms with Gasteiger partial charge in [0.25, 0.3) is 0 Å². The van der Waals surface area contributed by atoms with Gasteiger partial charge in [-0.15, -0.1) is 0 Å². The fraction of sp³-hybridized carbons (Fsp3) is 0.500. The van der Waals surface area contributed by atoms with E-state index in [1.54, 1.807) is 0 Å². The number of rotatable bonds is 1. The van der Waals surface area contributed by atoms with Gasteiger partial charge in [-0.25, -0.2) is 0 Å². The van der Waals surface area contributed by atoms with Gasteiger partial charge in [0.1, 0.15) is 11.4 Å². The van der Waals surface area contributed by atoms with Crippen LogP contribution in [0.4, 0.5) is 0 Å². The Bertz CT molecular complexity index is 434. The molecule has 1 aromatic rings. The Morgan fingerprint density at radius 2 is 2.06 bits per heavy atom. The fourth-order valence-corrected chi connectivity index (χ4v) is 1.97. The number of hydrogen-bond acceptors (Lipinski definition) is 2. The molecule has 2 rings (SSSR count). The topological polar surface area (TPSA) is 26.3 Å². The zero-order valence-corrected chi connectivity index (χ0v) is 10.3. The van der Waals surface area contributed by atoms with Crippen molar-refractivity contribution in [3.05, 3.63) is 29.3 Å². The Balaban J connectivity index is 2.45. The summed E-state index contributed by atoms with van der Waals surface area (Å²) in [7, 11) is 0. The molecule has 1 unspecified atom stereocenters. The number of aryl methyl sites for hydroxylation is 1. The van der Waals surface area contributed by atoms with Crippen LogP contribution in [0.25, 0.3) is 0 Å². The molecule has 0 radical (unpaired) electrons. The Labute approximate surface area is 96.6 Å². The van der Waals surface area contributed by atoms with Crippen LogP contribution in [0, 0.1) is 12.8 Å². The number of fused-ring (bicyclic) bond motifs is 1. The molecule has 1 aliphatic rings. The van der Waals surface area contributed by atoms with Gasteiger partial charge in [0, 0.05) is 0 Å². The van der Waals surface area contributed by atoms with Crippen LogP contribution in [0.3, 0.4) is 0 Å². The summed E-state index contributed by atoms with van der Waals surface area (Å²) < 4.78 is 5.99. The van der Waals surface area contributed by atoms with Crippen molar-refractivity contribution in [2.75, 3.05) is 0 Å². The van der Waals surface area contributed by atoms with Crippen molar-refractivity contribution < 1.29 is 9.53 Å². The third-order valence-electron chi connectivity index (χ3n) is 3.51. The average Bonchev–Trinajstić information content (AvgIpc) is 2.19. The van der Waals surface area contributed by atoms with Gasteiger partial charge >= 0.3 is 0 Å². The van der Waals surface area contributed by atoms with Crippen molar-refractivity contribution in [2.45, 2.75) is 39.7 Å². The van der Waals surface area contributed by atoms with Crippen LogP contribution >= 0.6 is 0 Å². The monoisotopic (exact) mass is 218 g/mol. The van der Waals surface area contributed by atoms with E-state index in [2.05, 4.69) is 13.8 Å². The molecule has 1 heterocycles.